The number of amides is 1. The van der Waals surface area contributed by atoms with E-state index in [4.69, 9.17) is 4.74 Å². The summed E-state index contributed by atoms with van der Waals surface area (Å²) in [7, 11) is 0. The Bertz CT molecular complexity index is 451. The number of ether oxygens (including phenoxy) is 1. The van der Waals surface area contributed by atoms with Gasteiger partial charge in [0.1, 0.15) is 5.60 Å². The summed E-state index contributed by atoms with van der Waals surface area (Å²) in [5.74, 6) is 1.72. The third kappa shape index (κ3) is 5.58. The maximum Gasteiger partial charge on any atom is 0.410 e. The highest BCUT2D eigenvalue weighted by Gasteiger charge is 2.26. The SMILES string of the molecule is CC(C)(C)OC(=O)N1CCC(CSc2ccccn2)CC1. The Morgan fingerprint density at radius 3 is 2.67 bits per heavy atom. The standard InChI is InChI=1S/C16H24N2O2S/c1-16(2,3)20-15(19)18-10-7-13(8-11-18)12-21-14-6-4-5-9-17-14/h4-6,9,13H,7-8,10-12H2,1-3H3. The van der Waals surface area contributed by atoms with E-state index < -0.39 is 5.60 Å². The van der Waals surface area contributed by atoms with Gasteiger partial charge in [-0.2, -0.15) is 0 Å². The molecule has 21 heavy (non-hydrogen) atoms. The number of carbonyl (C=O) groups excluding carboxylic acids is 1. The first-order chi connectivity index (χ1) is 9.94. The number of likely N-dealkylation sites (tertiary alicyclic amines) is 1. The summed E-state index contributed by atoms with van der Waals surface area (Å²) in [6, 6.07) is 5.99. The molecule has 1 amide bonds. The zero-order valence-corrected chi connectivity index (χ0v) is 13.9. The fourth-order valence-electron chi connectivity index (χ4n) is 2.24. The summed E-state index contributed by atoms with van der Waals surface area (Å²) in [5.41, 5.74) is -0.414. The van der Waals surface area contributed by atoms with E-state index in [-0.39, 0.29) is 6.09 Å². The second-order valence-electron chi connectivity index (χ2n) is 6.39. The highest BCUT2D eigenvalue weighted by Crippen LogP contribution is 2.26. The van der Waals surface area contributed by atoms with E-state index in [9.17, 15) is 4.79 Å². The van der Waals surface area contributed by atoms with Crippen molar-refractivity contribution in [3.05, 3.63) is 24.4 Å². The molecular formula is C16H24N2O2S. The summed E-state index contributed by atoms with van der Waals surface area (Å²) >= 11 is 1.80. The predicted molar refractivity (Wildman–Crippen MR) is 85.5 cm³/mol. The van der Waals surface area contributed by atoms with Gasteiger partial charge in [0.2, 0.25) is 0 Å². The van der Waals surface area contributed by atoms with Gasteiger partial charge in [0, 0.05) is 25.0 Å². The molecule has 1 saturated heterocycles. The van der Waals surface area contributed by atoms with E-state index in [1.807, 2.05) is 50.1 Å². The van der Waals surface area contributed by atoms with Gasteiger partial charge in [-0.15, -0.1) is 11.8 Å². The molecule has 0 spiro atoms. The number of piperidine rings is 1. The van der Waals surface area contributed by atoms with Crippen LogP contribution >= 0.6 is 11.8 Å². The number of hydrogen-bond donors (Lipinski definition) is 0. The number of aromatic nitrogens is 1. The molecule has 1 aliphatic heterocycles. The van der Waals surface area contributed by atoms with Crippen LogP contribution in [0.3, 0.4) is 0 Å². The topological polar surface area (TPSA) is 42.4 Å². The van der Waals surface area contributed by atoms with Crippen LogP contribution in [0, 0.1) is 5.92 Å². The van der Waals surface area contributed by atoms with Crippen LogP contribution in [-0.2, 0) is 4.74 Å². The minimum atomic E-state index is -0.414. The lowest BCUT2D eigenvalue weighted by Crippen LogP contribution is -2.42. The van der Waals surface area contributed by atoms with Crippen molar-refractivity contribution in [2.75, 3.05) is 18.8 Å². The third-order valence-electron chi connectivity index (χ3n) is 3.37. The fraction of sp³-hybridized carbons (Fsp3) is 0.625. The smallest absolute Gasteiger partial charge is 0.410 e. The molecule has 0 N–H and O–H groups in total. The first-order valence-corrected chi connectivity index (χ1v) is 8.44. The lowest BCUT2D eigenvalue weighted by atomic mass is 9.99. The van der Waals surface area contributed by atoms with Gasteiger partial charge >= 0.3 is 6.09 Å². The number of carbonyl (C=O) groups is 1. The molecule has 0 unspecified atom stereocenters. The van der Waals surface area contributed by atoms with Gasteiger partial charge in [0.25, 0.3) is 0 Å². The number of rotatable bonds is 3. The molecular weight excluding hydrogens is 284 g/mol. The molecule has 0 radical (unpaired) electrons. The van der Waals surface area contributed by atoms with E-state index >= 15 is 0 Å². The minimum absolute atomic E-state index is 0.182. The molecule has 1 aromatic rings. The maximum absolute atomic E-state index is 12.0. The summed E-state index contributed by atoms with van der Waals surface area (Å²) < 4.78 is 5.41. The zero-order valence-electron chi connectivity index (χ0n) is 13.0. The molecule has 0 aromatic carbocycles. The number of hydrogen-bond acceptors (Lipinski definition) is 4. The van der Waals surface area contributed by atoms with Gasteiger partial charge in [-0.25, -0.2) is 9.78 Å². The van der Waals surface area contributed by atoms with Crippen LogP contribution in [0.25, 0.3) is 0 Å². The Morgan fingerprint density at radius 1 is 1.38 bits per heavy atom. The largest absolute Gasteiger partial charge is 0.444 e. The molecule has 1 fully saturated rings. The molecule has 2 heterocycles. The lowest BCUT2D eigenvalue weighted by Gasteiger charge is -2.33. The molecule has 0 aliphatic carbocycles. The van der Waals surface area contributed by atoms with E-state index in [0.29, 0.717) is 5.92 Å². The van der Waals surface area contributed by atoms with Crippen LogP contribution in [0.5, 0.6) is 0 Å². The van der Waals surface area contributed by atoms with Crippen LogP contribution in [0.15, 0.2) is 29.4 Å². The van der Waals surface area contributed by atoms with E-state index in [0.717, 1.165) is 36.7 Å². The van der Waals surface area contributed by atoms with Gasteiger partial charge in [0.05, 0.1) is 5.03 Å². The molecule has 0 bridgehead atoms. The predicted octanol–water partition coefficient (Wildman–Crippen LogP) is 3.82. The molecule has 1 aromatic heterocycles. The van der Waals surface area contributed by atoms with Gasteiger partial charge in [-0.1, -0.05) is 6.07 Å². The monoisotopic (exact) mass is 308 g/mol. The van der Waals surface area contributed by atoms with Crippen molar-refractivity contribution in [1.82, 2.24) is 9.88 Å². The zero-order chi connectivity index (χ0) is 15.3. The molecule has 5 heteroatoms. The summed E-state index contributed by atoms with van der Waals surface area (Å²) in [5, 5.41) is 1.08. The summed E-state index contributed by atoms with van der Waals surface area (Å²) in [4.78, 5) is 18.1. The number of pyridine rings is 1. The third-order valence-corrected chi connectivity index (χ3v) is 4.55. The normalized spacial score (nSPS) is 16.8. The summed E-state index contributed by atoms with van der Waals surface area (Å²) in [6.07, 6.45) is 3.73. The van der Waals surface area contributed by atoms with Crippen LogP contribution in [-0.4, -0.2) is 40.4 Å². The molecule has 2 rings (SSSR count). The molecule has 0 saturated carbocycles. The Hall–Kier alpha value is -1.23. The minimum Gasteiger partial charge on any atom is -0.444 e. The second-order valence-corrected chi connectivity index (χ2v) is 7.43. The van der Waals surface area contributed by atoms with Gasteiger partial charge < -0.3 is 9.64 Å². The van der Waals surface area contributed by atoms with E-state index in [1.165, 1.54) is 0 Å². The Balaban J connectivity index is 1.72. The second kappa shape index (κ2) is 7.16. The average Bonchev–Trinajstić information content (AvgIpc) is 2.45. The van der Waals surface area contributed by atoms with Gasteiger partial charge in [-0.3, -0.25) is 0 Å². The van der Waals surface area contributed by atoms with Crippen molar-refractivity contribution >= 4 is 17.9 Å². The Labute approximate surface area is 131 Å². The van der Waals surface area contributed by atoms with Crippen LogP contribution < -0.4 is 0 Å². The Morgan fingerprint density at radius 2 is 2.10 bits per heavy atom. The van der Waals surface area contributed by atoms with Crippen molar-refractivity contribution < 1.29 is 9.53 Å². The molecule has 4 nitrogen and oxygen atoms in total. The van der Waals surface area contributed by atoms with Crippen LogP contribution in [0.1, 0.15) is 33.6 Å². The van der Waals surface area contributed by atoms with E-state index in [2.05, 4.69) is 4.98 Å². The van der Waals surface area contributed by atoms with Gasteiger partial charge in [0.15, 0.2) is 0 Å². The van der Waals surface area contributed by atoms with Crippen molar-refractivity contribution in [2.24, 2.45) is 5.92 Å². The van der Waals surface area contributed by atoms with Crippen LogP contribution in [0.2, 0.25) is 0 Å². The van der Waals surface area contributed by atoms with E-state index in [1.54, 1.807) is 11.8 Å². The maximum atomic E-state index is 12.0. The lowest BCUT2D eigenvalue weighted by molar-refractivity contribution is 0.0191. The summed E-state index contributed by atoms with van der Waals surface area (Å²) in [6.45, 7) is 7.30. The fourth-order valence-corrected chi connectivity index (χ4v) is 3.29. The molecule has 1 aliphatic rings. The van der Waals surface area contributed by atoms with Crippen LogP contribution in [0.4, 0.5) is 4.79 Å². The average molecular weight is 308 g/mol. The number of thioether (sulfide) groups is 1. The van der Waals surface area contributed by atoms with Crippen molar-refractivity contribution in [3.63, 3.8) is 0 Å². The van der Waals surface area contributed by atoms with Crippen molar-refractivity contribution in [3.8, 4) is 0 Å². The number of nitrogens with zero attached hydrogens (tertiary/aromatic N) is 2. The molecule has 0 atom stereocenters. The highest BCUT2D eigenvalue weighted by molar-refractivity contribution is 7.99. The van der Waals surface area contributed by atoms with Crippen molar-refractivity contribution in [1.29, 1.82) is 0 Å². The first-order valence-electron chi connectivity index (χ1n) is 7.46. The Kier molecular flexibility index (Phi) is 5.51. The van der Waals surface area contributed by atoms with Crippen molar-refractivity contribution in [2.45, 2.75) is 44.2 Å². The van der Waals surface area contributed by atoms with Gasteiger partial charge in [-0.05, 0) is 51.7 Å². The quantitative estimate of drug-likeness (QED) is 0.796. The first kappa shape index (κ1) is 16.1. The molecule has 116 valence electrons. The highest BCUT2D eigenvalue weighted by atomic mass is 32.2.